The first-order valence-corrected chi connectivity index (χ1v) is 9.05. The third-order valence-electron chi connectivity index (χ3n) is 4.63. The van der Waals surface area contributed by atoms with E-state index < -0.39 is 0 Å². The first-order chi connectivity index (χ1) is 12.7. The van der Waals surface area contributed by atoms with Gasteiger partial charge in [0.2, 0.25) is 0 Å². The molecule has 0 aliphatic carbocycles. The Labute approximate surface area is 153 Å². The molecule has 1 aromatic carbocycles. The molecule has 7 heteroatoms. The van der Waals surface area contributed by atoms with Crippen molar-refractivity contribution in [2.24, 2.45) is 7.05 Å². The van der Waals surface area contributed by atoms with E-state index >= 15 is 0 Å². The van der Waals surface area contributed by atoms with Gasteiger partial charge in [-0.1, -0.05) is 18.2 Å². The van der Waals surface area contributed by atoms with E-state index in [4.69, 9.17) is 15.2 Å². The molecule has 3 N–H and O–H groups in total. The van der Waals surface area contributed by atoms with Crippen LogP contribution in [-0.4, -0.2) is 69.3 Å². The summed E-state index contributed by atoms with van der Waals surface area (Å²) in [5.41, 5.74) is 3.87. The van der Waals surface area contributed by atoms with Crippen molar-refractivity contribution in [2.75, 3.05) is 44.7 Å². The zero-order valence-corrected chi connectivity index (χ0v) is 15.4. The molecule has 0 saturated heterocycles. The van der Waals surface area contributed by atoms with Gasteiger partial charge in [-0.05, 0) is 26.0 Å². The Morgan fingerprint density at radius 1 is 1.12 bits per heavy atom. The van der Waals surface area contributed by atoms with Crippen LogP contribution in [0.15, 0.2) is 24.3 Å². The Bertz CT molecular complexity index is 871. The maximum absolute atomic E-state index is 9.11. The largest absolute Gasteiger partial charge is 0.395 e. The molecule has 3 rings (SSSR count). The van der Waals surface area contributed by atoms with Crippen molar-refractivity contribution in [1.29, 1.82) is 0 Å². The van der Waals surface area contributed by atoms with Crippen LogP contribution in [0, 0.1) is 6.92 Å². The molecule has 7 nitrogen and oxygen atoms in total. The summed E-state index contributed by atoms with van der Waals surface area (Å²) in [6.45, 7) is 5.02. The molecule has 3 aromatic rings. The van der Waals surface area contributed by atoms with Gasteiger partial charge in [0, 0.05) is 32.1 Å². The van der Waals surface area contributed by atoms with Crippen molar-refractivity contribution in [3.05, 3.63) is 30.0 Å². The fraction of sp³-hybridized carbons (Fsp3) is 0.474. The van der Waals surface area contributed by atoms with Crippen LogP contribution in [0.25, 0.3) is 21.9 Å². The smallest absolute Gasteiger partial charge is 0.160 e. The maximum atomic E-state index is 9.11. The third kappa shape index (κ3) is 3.80. The number of hydrogen-bond acceptors (Lipinski definition) is 6. The average molecular weight is 357 g/mol. The lowest BCUT2D eigenvalue weighted by molar-refractivity contribution is 0.161. The number of hydrogen-bond donors (Lipinski definition) is 3. The monoisotopic (exact) mass is 357 g/mol. The average Bonchev–Trinajstić information content (AvgIpc) is 2.92. The van der Waals surface area contributed by atoms with Crippen molar-refractivity contribution in [3.63, 3.8) is 0 Å². The zero-order chi connectivity index (χ0) is 18.5. The fourth-order valence-corrected chi connectivity index (χ4v) is 3.42. The molecule has 0 radical (unpaired) electrons. The van der Waals surface area contributed by atoms with Gasteiger partial charge in [-0.2, -0.15) is 5.10 Å². The van der Waals surface area contributed by atoms with E-state index in [1.807, 2.05) is 36.9 Å². The minimum Gasteiger partial charge on any atom is -0.395 e. The summed E-state index contributed by atoms with van der Waals surface area (Å²) in [6.07, 6.45) is 0.914. The highest BCUT2D eigenvalue weighted by Gasteiger charge is 2.15. The highest BCUT2D eigenvalue weighted by atomic mass is 16.3. The Balaban J connectivity index is 1.82. The zero-order valence-electron chi connectivity index (χ0n) is 15.4. The second-order valence-electron chi connectivity index (χ2n) is 6.48. The molecule has 0 bridgehead atoms. The minimum absolute atomic E-state index is 0.109. The molecule has 2 heterocycles. The van der Waals surface area contributed by atoms with E-state index in [-0.39, 0.29) is 13.2 Å². The number of aliphatic hydroxyl groups is 2. The molecule has 0 unspecified atom stereocenters. The summed E-state index contributed by atoms with van der Waals surface area (Å²) in [5.74, 6) is 0. The van der Waals surface area contributed by atoms with Gasteiger partial charge in [0.15, 0.2) is 5.65 Å². The lowest BCUT2D eigenvalue weighted by atomic mass is 10.1. The fourth-order valence-electron chi connectivity index (χ4n) is 3.42. The second-order valence-corrected chi connectivity index (χ2v) is 6.48. The van der Waals surface area contributed by atoms with Gasteiger partial charge in [0.1, 0.15) is 0 Å². The molecule has 0 atom stereocenters. The van der Waals surface area contributed by atoms with E-state index in [1.54, 1.807) is 0 Å². The summed E-state index contributed by atoms with van der Waals surface area (Å²) in [7, 11) is 1.92. The number of aryl methyl sites for hydroxylation is 2. The van der Waals surface area contributed by atoms with Crippen molar-refractivity contribution in [1.82, 2.24) is 19.7 Å². The number of rotatable bonds is 9. The van der Waals surface area contributed by atoms with E-state index in [0.717, 1.165) is 52.8 Å². The SMILES string of the molecule is Cc1nn(C)c2nc3ccccc3c(NCCCN(CCO)CCO)c12. The predicted octanol–water partition coefficient (Wildman–Crippen LogP) is 1.52. The van der Waals surface area contributed by atoms with E-state index in [0.29, 0.717) is 13.1 Å². The highest BCUT2D eigenvalue weighted by molar-refractivity contribution is 6.07. The number of fused-ring (bicyclic) bond motifs is 2. The Morgan fingerprint density at radius 2 is 1.85 bits per heavy atom. The lowest BCUT2D eigenvalue weighted by Crippen LogP contribution is -2.31. The number of aromatic nitrogens is 3. The first kappa shape index (κ1) is 18.6. The summed E-state index contributed by atoms with van der Waals surface area (Å²) in [5, 5.41) is 28.5. The van der Waals surface area contributed by atoms with Crippen LogP contribution in [0.2, 0.25) is 0 Å². The molecular weight excluding hydrogens is 330 g/mol. The number of nitrogens with zero attached hydrogens (tertiary/aromatic N) is 4. The molecule has 140 valence electrons. The van der Waals surface area contributed by atoms with Crippen LogP contribution < -0.4 is 5.32 Å². The minimum atomic E-state index is 0.109. The number of nitrogens with one attached hydrogen (secondary N) is 1. The van der Waals surface area contributed by atoms with Gasteiger partial charge in [0.05, 0.1) is 35.5 Å². The van der Waals surface area contributed by atoms with Crippen molar-refractivity contribution < 1.29 is 10.2 Å². The molecular formula is C19H27N5O2. The van der Waals surface area contributed by atoms with Crippen LogP contribution in [0.1, 0.15) is 12.1 Å². The molecule has 0 spiro atoms. The lowest BCUT2D eigenvalue weighted by Gasteiger charge is -2.20. The quantitative estimate of drug-likeness (QED) is 0.504. The second kappa shape index (κ2) is 8.44. The Kier molecular flexibility index (Phi) is 6.03. The summed E-state index contributed by atoms with van der Waals surface area (Å²) >= 11 is 0. The standard InChI is InChI=1S/C19H27N5O2/c1-14-17-18(20-8-5-9-24(10-12-25)11-13-26)15-6-3-4-7-16(15)21-19(17)23(2)22-14/h3-4,6-7,25-26H,5,8-13H2,1-2H3,(H,20,21). The Hall–Kier alpha value is -2.22. The number of benzene rings is 1. The number of anilines is 1. The molecule has 0 aliphatic heterocycles. The van der Waals surface area contributed by atoms with Gasteiger partial charge >= 0.3 is 0 Å². The normalized spacial score (nSPS) is 11.7. The molecule has 26 heavy (non-hydrogen) atoms. The number of pyridine rings is 1. The van der Waals surface area contributed by atoms with Crippen molar-refractivity contribution >= 4 is 27.6 Å². The van der Waals surface area contributed by atoms with Gasteiger partial charge in [-0.15, -0.1) is 0 Å². The van der Waals surface area contributed by atoms with Crippen LogP contribution in [-0.2, 0) is 7.05 Å². The van der Waals surface area contributed by atoms with Crippen molar-refractivity contribution in [2.45, 2.75) is 13.3 Å². The highest BCUT2D eigenvalue weighted by Crippen LogP contribution is 2.32. The third-order valence-corrected chi connectivity index (χ3v) is 4.63. The number of aliphatic hydroxyl groups excluding tert-OH is 2. The molecule has 0 saturated carbocycles. The van der Waals surface area contributed by atoms with E-state index in [1.165, 1.54) is 0 Å². The van der Waals surface area contributed by atoms with Gasteiger partial charge in [-0.25, -0.2) is 4.98 Å². The van der Waals surface area contributed by atoms with Gasteiger partial charge in [-0.3, -0.25) is 9.58 Å². The Morgan fingerprint density at radius 3 is 2.58 bits per heavy atom. The first-order valence-electron chi connectivity index (χ1n) is 9.05. The summed E-state index contributed by atoms with van der Waals surface area (Å²) in [6, 6.07) is 8.12. The maximum Gasteiger partial charge on any atom is 0.160 e. The van der Waals surface area contributed by atoms with Crippen LogP contribution >= 0.6 is 0 Å². The number of para-hydroxylation sites is 1. The summed E-state index contributed by atoms with van der Waals surface area (Å²) < 4.78 is 1.83. The van der Waals surface area contributed by atoms with Crippen LogP contribution in [0.3, 0.4) is 0 Å². The van der Waals surface area contributed by atoms with Crippen LogP contribution in [0.4, 0.5) is 5.69 Å². The van der Waals surface area contributed by atoms with Gasteiger partial charge in [0.25, 0.3) is 0 Å². The predicted molar refractivity (Wildman–Crippen MR) is 104 cm³/mol. The molecule has 0 aliphatic rings. The molecule has 0 fully saturated rings. The molecule has 0 amide bonds. The topological polar surface area (TPSA) is 86.4 Å². The van der Waals surface area contributed by atoms with Gasteiger partial charge < -0.3 is 15.5 Å². The van der Waals surface area contributed by atoms with E-state index in [9.17, 15) is 0 Å². The van der Waals surface area contributed by atoms with Crippen molar-refractivity contribution in [3.8, 4) is 0 Å². The van der Waals surface area contributed by atoms with E-state index in [2.05, 4.69) is 21.4 Å². The summed E-state index contributed by atoms with van der Waals surface area (Å²) in [4.78, 5) is 6.83. The van der Waals surface area contributed by atoms with Crippen LogP contribution in [0.5, 0.6) is 0 Å². The molecule has 2 aromatic heterocycles.